The highest BCUT2D eigenvalue weighted by Gasteiger charge is 2.11. The van der Waals surface area contributed by atoms with E-state index in [4.69, 9.17) is 0 Å². The van der Waals surface area contributed by atoms with Crippen molar-refractivity contribution < 1.29 is 0 Å². The minimum Gasteiger partial charge on any atom is -0.356 e. The van der Waals surface area contributed by atoms with E-state index in [1.165, 1.54) is 12.0 Å². The van der Waals surface area contributed by atoms with E-state index >= 15 is 0 Å². The van der Waals surface area contributed by atoms with Gasteiger partial charge in [-0.25, -0.2) is 4.98 Å². The van der Waals surface area contributed by atoms with E-state index in [9.17, 15) is 0 Å². The molecule has 0 saturated carbocycles. The Morgan fingerprint density at radius 3 is 2.78 bits per heavy atom. The number of pyridine rings is 1. The number of aromatic nitrogens is 3. The first-order valence-corrected chi connectivity index (χ1v) is 6.49. The highest BCUT2D eigenvalue weighted by molar-refractivity contribution is 5.29. The molecule has 1 N–H and O–H groups in total. The van der Waals surface area contributed by atoms with Crippen LogP contribution in [0.15, 0.2) is 36.9 Å². The predicted octanol–water partition coefficient (Wildman–Crippen LogP) is 3.10. The van der Waals surface area contributed by atoms with Gasteiger partial charge in [0.15, 0.2) is 0 Å². The molecule has 0 aliphatic carbocycles. The molecule has 1 atom stereocenters. The van der Waals surface area contributed by atoms with Gasteiger partial charge < -0.3 is 9.88 Å². The van der Waals surface area contributed by atoms with Crippen molar-refractivity contribution in [1.82, 2.24) is 14.5 Å². The fourth-order valence-corrected chi connectivity index (χ4v) is 1.94. The maximum Gasteiger partial charge on any atom is 0.203 e. The molecule has 1 unspecified atom stereocenters. The lowest BCUT2D eigenvalue weighted by atomic mass is 10.1. The van der Waals surface area contributed by atoms with Gasteiger partial charge in [-0.3, -0.25) is 4.98 Å². The average molecular weight is 244 g/mol. The van der Waals surface area contributed by atoms with Crippen LogP contribution >= 0.6 is 0 Å². The molecule has 0 aliphatic heterocycles. The third-order valence-corrected chi connectivity index (χ3v) is 3.09. The molecule has 96 valence electrons. The van der Waals surface area contributed by atoms with Crippen molar-refractivity contribution in [2.45, 2.75) is 32.7 Å². The molecule has 0 fully saturated rings. The predicted molar refractivity (Wildman–Crippen MR) is 73.7 cm³/mol. The number of nitrogens with one attached hydrogen (secondary N) is 1. The summed E-state index contributed by atoms with van der Waals surface area (Å²) in [7, 11) is 0. The van der Waals surface area contributed by atoms with Crippen LogP contribution in [-0.4, -0.2) is 21.1 Å². The summed E-state index contributed by atoms with van der Waals surface area (Å²) in [6.07, 6.45) is 9.86. The van der Waals surface area contributed by atoms with Gasteiger partial charge in [0.1, 0.15) is 0 Å². The lowest BCUT2D eigenvalue weighted by molar-refractivity contribution is 0.640. The molecular weight excluding hydrogens is 224 g/mol. The highest BCUT2D eigenvalue weighted by atomic mass is 15.2. The number of unbranched alkanes of at least 4 members (excludes halogenated alkanes) is 1. The number of hydrogen-bond acceptors (Lipinski definition) is 3. The number of nitrogens with zero attached hydrogens (tertiary/aromatic N) is 3. The van der Waals surface area contributed by atoms with E-state index in [2.05, 4.69) is 33.7 Å². The molecule has 2 aromatic rings. The van der Waals surface area contributed by atoms with Crippen LogP contribution in [0.3, 0.4) is 0 Å². The van der Waals surface area contributed by atoms with Crippen molar-refractivity contribution in [1.29, 1.82) is 0 Å². The summed E-state index contributed by atoms with van der Waals surface area (Å²) >= 11 is 0. The van der Waals surface area contributed by atoms with Crippen LogP contribution in [0.4, 0.5) is 5.95 Å². The first kappa shape index (κ1) is 12.6. The summed E-state index contributed by atoms with van der Waals surface area (Å²) in [5.74, 6) is 0.938. The summed E-state index contributed by atoms with van der Waals surface area (Å²) in [6, 6.07) is 4.35. The Balaban J connectivity index is 2.11. The smallest absolute Gasteiger partial charge is 0.203 e. The van der Waals surface area contributed by atoms with Crippen molar-refractivity contribution in [2.75, 3.05) is 11.9 Å². The standard InChI is InChI=1S/C14H20N4/c1-3-4-7-16-14-17-10-11-18(14)12(2)13-5-8-15-9-6-13/h5-6,8-12H,3-4,7H2,1-2H3,(H,16,17). The first-order valence-electron chi connectivity index (χ1n) is 6.49. The summed E-state index contributed by atoms with van der Waals surface area (Å²) < 4.78 is 2.16. The Morgan fingerprint density at radius 2 is 2.06 bits per heavy atom. The molecule has 0 spiro atoms. The second-order valence-electron chi connectivity index (χ2n) is 4.39. The molecule has 0 bridgehead atoms. The van der Waals surface area contributed by atoms with E-state index in [-0.39, 0.29) is 6.04 Å². The molecule has 0 radical (unpaired) electrons. The van der Waals surface area contributed by atoms with Crippen LogP contribution in [0.5, 0.6) is 0 Å². The van der Waals surface area contributed by atoms with Gasteiger partial charge in [0.05, 0.1) is 6.04 Å². The zero-order valence-electron chi connectivity index (χ0n) is 11.0. The number of anilines is 1. The van der Waals surface area contributed by atoms with Gasteiger partial charge in [-0.05, 0) is 31.0 Å². The quantitative estimate of drug-likeness (QED) is 0.794. The summed E-state index contributed by atoms with van der Waals surface area (Å²) in [6.45, 7) is 5.33. The number of hydrogen-bond donors (Lipinski definition) is 1. The van der Waals surface area contributed by atoms with Gasteiger partial charge in [0, 0.05) is 31.3 Å². The Labute approximate surface area is 108 Å². The molecular formula is C14H20N4. The minimum absolute atomic E-state index is 0.264. The molecule has 2 aromatic heterocycles. The molecule has 0 aromatic carbocycles. The molecule has 4 heteroatoms. The topological polar surface area (TPSA) is 42.7 Å². The van der Waals surface area contributed by atoms with E-state index in [0.717, 1.165) is 18.9 Å². The van der Waals surface area contributed by atoms with Gasteiger partial charge in [-0.1, -0.05) is 13.3 Å². The average Bonchev–Trinajstić information content (AvgIpc) is 2.88. The third kappa shape index (κ3) is 2.88. The van der Waals surface area contributed by atoms with Crippen molar-refractivity contribution in [3.05, 3.63) is 42.5 Å². The summed E-state index contributed by atoms with van der Waals surface area (Å²) in [5.41, 5.74) is 1.24. The largest absolute Gasteiger partial charge is 0.356 e. The second-order valence-corrected chi connectivity index (χ2v) is 4.39. The van der Waals surface area contributed by atoms with E-state index < -0.39 is 0 Å². The first-order chi connectivity index (χ1) is 8.83. The maximum absolute atomic E-state index is 4.37. The van der Waals surface area contributed by atoms with Crippen LogP contribution < -0.4 is 5.32 Å². The molecule has 0 amide bonds. The fraction of sp³-hybridized carbons (Fsp3) is 0.429. The lowest BCUT2D eigenvalue weighted by Crippen LogP contribution is -2.12. The van der Waals surface area contributed by atoms with Crippen molar-refractivity contribution in [2.24, 2.45) is 0 Å². The molecule has 0 saturated heterocycles. The van der Waals surface area contributed by atoms with Gasteiger partial charge in [-0.2, -0.15) is 0 Å². The van der Waals surface area contributed by atoms with Gasteiger partial charge in [0.25, 0.3) is 0 Å². The number of imidazole rings is 1. The molecule has 4 nitrogen and oxygen atoms in total. The van der Waals surface area contributed by atoms with Crippen molar-refractivity contribution in [3.63, 3.8) is 0 Å². The number of rotatable bonds is 6. The zero-order valence-corrected chi connectivity index (χ0v) is 11.0. The summed E-state index contributed by atoms with van der Waals surface area (Å²) in [5, 5.41) is 3.38. The third-order valence-electron chi connectivity index (χ3n) is 3.09. The van der Waals surface area contributed by atoms with Gasteiger partial charge in [-0.15, -0.1) is 0 Å². The zero-order chi connectivity index (χ0) is 12.8. The van der Waals surface area contributed by atoms with Crippen molar-refractivity contribution in [3.8, 4) is 0 Å². The van der Waals surface area contributed by atoms with Crippen LogP contribution in [0.1, 0.15) is 38.3 Å². The van der Waals surface area contributed by atoms with Crippen LogP contribution in [0.25, 0.3) is 0 Å². The van der Waals surface area contributed by atoms with E-state index in [1.54, 1.807) is 0 Å². The Morgan fingerprint density at radius 1 is 1.28 bits per heavy atom. The molecule has 2 heterocycles. The van der Waals surface area contributed by atoms with Crippen molar-refractivity contribution >= 4 is 5.95 Å². The maximum atomic E-state index is 4.37. The van der Waals surface area contributed by atoms with Gasteiger partial charge in [0.2, 0.25) is 5.95 Å². The van der Waals surface area contributed by atoms with Crippen LogP contribution in [0.2, 0.25) is 0 Å². The monoisotopic (exact) mass is 244 g/mol. The van der Waals surface area contributed by atoms with Gasteiger partial charge >= 0.3 is 0 Å². The SMILES string of the molecule is CCCCNc1nccn1C(C)c1ccncc1. The summed E-state index contributed by atoms with van der Waals surface area (Å²) in [4.78, 5) is 8.42. The van der Waals surface area contributed by atoms with Crippen LogP contribution in [-0.2, 0) is 0 Å². The normalized spacial score (nSPS) is 12.3. The molecule has 0 aliphatic rings. The Kier molecular flexibility index (Phi) is 4.34. The molecule has 18 heavy (non-hydrogen) atoms. The second kappa shape index (κ2) is 6.19. The minimum atomic E-state index is 0.264. The fourth-order valence-electron chi connectivity index (χ4n) is 1.94. The Hall–Kier alpha value is -1.84. The van der Waals surface area contributed by atoms with Crippen LogP contribution in [0, 0.1) is 0 Å². The van der Waals surface area contributed by atoms with E-state index in [1.807, 2.05) is 36.9 Å². The lowest BCUT2D eigenvalue weighted by Gasteiger charge is -2.17. The van der Waals surface area contributed by atoms with E-state index in [0.29, 0.717) is 0 Å². The Bertz CT molecular complexity index is 464. The highest BCUT2D eigenvalue weighted by Crippen LogP contribution is 2.20. The molecule has 2 rings (SSSR count).